The summed E-state index contributed by atoms with van der Waals surface area (Å²) >= 11 is 0. The fraction of sp³-hybridized carbons (Fsp3) is 0.786. The van der Waals surface area contributed by atoms with Crippen LogP contribution in [0.5, 0.6) is 0 Å². The van der Waals surface area contributed by atoms with Crippen LogP contribution in [0, 0.1) is 22.7 Å². The second-order valence-corrected chi connectivity index (χ2v) is 4.96. The molecule has 0 aliphatic heterocycles. The summed E-state index contributed by atoms with van der Waals surface area (Å²) in [5.41, 5.74) is 0. The Morgan fingerprint density at radius 3 is 2.09 bits per heavy atom. The van der Waals surface area contributed by atoms with E-state index in [1.165, 1.54) is 4.90 Å². The van der Waals surface area contributed by atoms with Gasteiger partial charge in [-0.05, 0) is 6.42 Å². The van der Waals surface area contributed by atoms with Gasteiger partial charge < -0.3 is 10.0 Å². The van der Waals surface area contributed by atoms with Gasteiger partial charge in [-0.2, -0.15) is 23.7 Å². The van der Waals surface area contributed by atoms with E-state index in [1.54, 1.807) is 6.92 Å². The molecule has 1 atom stereocenters. The van der Waals surface area contributed by atoms with Gasteiger partial charge >= 0.3 is 6.18 Å². The van der Waals surface area contributed by atoms with Crippen molar-refractivity contribution in [2.24, 2.45) is 0 Å². The quantitative estimate of drug-likeness (QED) is 0.650. The van der Waals surface area contributed by atoms with Gasteiger partial charge in [0, 0.05) is 19.1 Å². The molecule has 0 saturated heterocycles. The van der Waals surface area contributed by atoms with Crippen LogP contribution in [0.1, 0.15) is 26.2 Å². The molecule has 23 heavy (non-hydrogen) atoms. The van der Waals surface area contributed by atoms with Crippen LogP contribution in [0.4, 0.5) is 13.2 Å². The van der Waals surface area contributed by atoms with Crippen molar-refractivity contribution in [3.63, 3.8) is 0 Å². The third-order valence-electron chi connectivity index (χ3n) is 3.26. The molecule has 0 aromatic carbocycles. The van der Waals surface area contributed by atoms with Crippen LogP contribution in [0.3, 0.4) is 0 Å². The van der Waals surface area contributed by atoms with Gasteiger partial charge in [-0.15, -0.1) is 0 Å². The van der Waals surface area contributed by atoms with Crippen molar-refractivity contribution >= 4 is 5.91 Å². The van der Waals surface area contributed by atoms with Gasteiger partial charge in [-0.3, -0.25) is 9.69 Å². The molecule has 0 fully saturated rings. The highest BCUT2D eigenvalue weighted by Crippen LogP contribution is 2.19. The van der Waals surface area contributed by atoms with Crippen LogP contribution in [-0.4, -0.2) is 65.8 Å². The first kappa shape index (κ1) is 21.2. The first-order valence-corrected chi connectivity index (χ1v) is 7.22. The van der Waals surface area contributed by atoms with Crippen LogP contribution in [0.2, 0.25) is 0 Å². The molecule has 0 aliphatic rings. The van der Waals surface area contributed by atoms with E-state index in [9.17, 15) is 23.1 Å². The molecule has 0 heterocycles. The summed E-state index contributed by atoms with van der Waals surface area (Å²) in [7, 11) is 0. The van der Waals surface area contributed by atoms with Gasteiger partial charge in [-0.25, -0.2) is 0 Å². The van der Waals surface area contributed by atoms with Crippen LogP contribution < -0.4 is 0 Å². The second kappa shape index (κ2) is 10.8. The maximum atomic E-state index is 12.7. The van der Waals surface area contributed by atoms with E-state index < -0.39 is 37.8 Å². The minimum absolute atomic E-state index is 0.0354. The lowest BCUT2D eigenvalue weighted by atomic mass is 10.2. The number of aliphatic hydroxyl groups is 1. The molecule has 6 nitrogen and oxygen atoms in total. The van der Waals surface area contributed by atoms with Gasteiger partial charge in [0.05, 0.1) is 44.7 Å². The number of carbonyl (C=O) groups excluding carboxylic acids is 1. The first-order chi connectivity index (χ1) is 10.8. The van der Waals surface area contributed by atoms with Crippen molar-refractivity contribution < 1.29 is 23.1 Å². The van der Waals surface area contributed by atoms with E-state index >= 15 is 0 Å². The number of alkyl halides is 3. The lowest BCUT2D eigenvalue weighted by Crippen LogP contribution is -2.49. The molecule has 0 saturated carbocycles. The average molecular weight is 334 g/mol. The number of aliphatic hydroxyl groups excluding tert-OH is 1. The number of rotatable bonds is 10. The van der Waals surface area contributed by atoms with E-state index in [0.29, 0.717) is 0 Å². The molecule has 0 aromatic rings. The smallest absolute Gasteiger partial charge is 0.395 e. The maximum absolute atomic E-state index is 12.7. The molecule has 0 rings (SSSR count). The van der Waals surface area contributed by atoms with Gasteiger partial charge in [-0.1, -0.05) is 6.92 Å². The normalized spacial score (nSPS) is 12.5. The minimum Gasteiger partial charge on any atom is -0.395 e. The van der Waals surface area contributed by atoms with Crippen LogP contribution in [-0.2, 0) is 4.79 Å². The van der Waals surface area contributed by atoms with Crippen molar-refractivity contribution in [2.45, 2.75) is 38.4 Å². The highest BCUT2D eigenvalue weighted by Gasteiger charge is 2.34. The maximum Gasteiger partial charge on any atom is 0.401 e. The minimum atomic E-state index is -4.49. The zero-order valence-electron chi connectivity index (χ0n) is 13.0. The number of carbonyl (C=O) groups is 1. The molecule has 0 aliphatic carbocycles. The summed E-state index contributed by atoms with van der Waals surface area (Å²) in [6.07, 6.45) is -4.16. The molecule has 0 bridgehead atoms. The van der Waals surface area contributed by atoms with Crippen molar-refractivity contribution in [3.05, 3.63) is 0 Å². The summed E-state index contributed by atoms with van der Waals surface area (Å²) in [5.74, 6) is -0.591. The van der Waals surface area contributed by atoms with Crippen LogP contribution in [0.25, 0.3) is 0 Å². The summed E-state index contributed by atoms with van der Waals surface area (Å²) in [6, 6.07) is 2.93. The Kier molecular flexibility index (Phi) is 9.95. The zero-order valence-corrected chi connectivity index (χ0v) is 13.0. The van der Waals surface area contributed by atoms with Crippen LogP contribution in [0.15, 0.2) is 0 Å². The number of hydrogen-bond acceptors (Lipinski definition) is 5. The predicted molar refractivity (Wildman–Crippen MR) is 75.8 cm³/mol. The Morgan fingerprint density at radius 2 is 1.74 bits per heavy atom. The largest absolute Gasteiger partial charge is 0.401 e. The monoisotopic (exact) mass is 334 g/mol. The third kappa shape index (κ3) is 9.01. The summed E-state index contributed by atoms with van der Waals surface area (Å²) in [5, 5.41) is 26.4. The fourth-order valence-electron chi connectivity index (χ4n) is 2.05. The highest BCUT2D eigenvalue weighted by atomic mass is 19.4. The van der Waals surface area contributed by atoms with Gasteiger partial charge in [0.15, 0.2) is 0 Å². The molecule has 0 radical (unpaired) electrons. The SMILES string of the molecule is CCC(CO)N(CC(=O)N(CCC#N)CCC#N)CC(F)(F)F. The third-order valence-corrected chi connectivity index (χ3v) is 3.26. The van der Waals surface area contributed by atoms with E-state index in [2.05, 4.69) is 0 Å². The van der Waals surface area contributed by atoms with Crippen LogP contribution >= 0.6 is 0 Å². The molecule has 130 valence electrons. The van der Waals surface area contributed by atoms with E-state index in [0.717, 1.165) is 4.90 Å². The highest BCUT2D eigenvalue weighted by molar-refractivity contribution is 5.78. The molecular formula is C14H21F3N4O2. The number of halogens is 3. The number of nitrogens with zero attached hydrogens (tertiary/aromatic N) is 4. The zero-order chi connectivity index (χ0) is 17.9. The lowest BCUT2D eigenvalue weighted by Gasteiger charge is -2.32. The van der Waals surface area contributed by atoms with Gasteiger partial charge in [0.2, 0.25) is 5.91 Å². The van der Waals surface area contributed by atoms with Crippen molar-refractivity contribution in [3.8, 4) is 12.1 Å². The van der Waals surface area contributed by atoms with E-state index in [4.69, 9.17) is 10.5 Å². The molecule has 0 aromatic heterocycles. The Balaban J connectivity index is 5.00. The topological polar surface area (TPSA) is 91.4 Å². The molecule has 9 heteroatoms. The summed E-state index contributed by atoms with van der Waals surface area (Å²) in [4.78, 5) is 14.3. The fourth-order valence-corrected chi connectivity index (χ4v) is 2.05. The van der Waals surface area contributed by atoms with Gasteiger partial charge in [0.1, 0.15) is 0 Å². The first-order valence-electron chi connectivity index (χ1n) is 7.22. The van der Waals surface area contributed by atoms with Crippen molar-refractivity contribution in [1.82, 2.24) is 9.80 Å². The Morgan fingerprint density at radius 1 is 1.22 bits per heavy atom. The van der Waals surface area contributed by atoms with Crippen molar-refractivity contribution in [1.29, 1.82) is 10.5 Å². The summed E-state index contributed by atoms with van der Waals surface area (Å²) in [6.45, 7) is -0.564. The molecule has 0 spiro atoms. The second-order valence-electron chi connectivity index (χ2n) is 4.96. The number of hydrogen-bond donors (Lipinski definition) is 1. The van der Waals surface area contributed by atoms with Crippen molar-refractivity contribution in [2.75, 3.05) is 32.8 Å². The molecular weight excluding hydrogens is 313 g/mol. The Labute approximate surface area is 133 Å². The predicted octanol–water partition coefficient (Wildman–Crippen LogP) is 1.28. The number of amides is 1. The number of nitriles is 2. The van der Waals surface area contributed by atoms with E-state index in [-0.39, 0.29) is 32.4 Å². The average Bonchev–Trinajstić information content (AvgIpc) is 2.46. The standard InChI is InChI=1S/C14H21F3N4O2/c1-2-12(10-22)21(11-14(15,16)17)9-13(23)20(7-3-5-18)8-4-6-19/h12,22H,2-4,7-11H2,1H3. The molecule has 1 amide bonds. The molecule has 1 N–H and O–H groups in total. The van der Waals surface area contributed by atoms with Gasteiger partial charge in [0.25, 0.3) is 0 Å². The Hall–Kier alpha value is -1.84. The summed E-state index contributed by atoms with van der Waals surface area (Å²) < 4.78 is 38.0. The Bertz CT molecular complexity index is 421. The van der Waals surface area contributed by atoms with E-state index in [1.807, 2.05) is 12.1 Å². The lowest BCUT2D eigenvalue weighted by molar-refractivity contribution is -0.157. The molecule has 1 unspecified atom stereocenters.